The van der Waals surface area contributed by atoms with Crippen molar-refractivity contribution in [2.45, 2.75) is 25.8 Å². The normalized spacial score (nSPS) is 19.4. The summed E-state index contributed by atoms with van der Waals surface area (Å²) in [5.41, 5.74) is 1.000. The Kier molecular flexibility index (Phi) is 5.54. The average molecular weight is 370 g/mol. The Balaban J connectivity index is 1.91. The SMILES string of the molecule is COc1cccc([C@H]2CN(C(=O)c3ccco3)C[C@H]2C(=O)N(C)C(C)C)c1. The highest BCUT2D eigenvalue weighted by molar-refractivity contribution is 5.92. The van der Waals surface area contributed by atoms with E-state index in [4.69, 9.17) is 9.15 Å². The number of ether oxygens (including phenoxy) is 1. The third-order valence-corrected chi connectivity index (χ3v) is 5.30. The van der Waals surface area contributed by atoms with Crippen molar-refractivity contribution in [1.82, 2.24) is 9.80 Å². The van der Waals surface area contributed by atoms with Gasteiger partial charge >= 0.3 is 0 Å². The molecule has 0 saturated carbocycles. The van der Waals surface area contributed by atoms with Gasteiger partial charge < -0.3 is 19.0 Å². The molecule has 0 bridgehead atoms. The second-order valence-electron chi connectivity index (χ2n) is 7.22. The van der Waals surface area contributed by atoms with Crippen LogP contribution >= 0.6 is 0 Å². The Morgan fingerprint density at radius 3 is 2.63 bits per heavy atom. The standard InChI is InChI=1S/C21H26N2O4/c1-14(2)22(3)20(24)18-13-23(21(25)19-9-6-10-27-19)12-17(18)15-7-5-8-16(11-15)26-4/h5-11,14,17-18H,12-13H2,1-4H3/t17-,18-/m1/s1. The Morgan fingerprint density at radius 2 is 2.00 bits per heavy atom. The Bertz CT molecular complexity index is 800. The highest BCUT2D eigenvalue weighted by Crippen LogP contribution is 2.36. The van der Waals surface area contributed by atoms with Gasteiger partial charge in [-0.2, -0.15) is 0 Å². The molecule has 0 spiro atoms. The quantitative estimate of drug-likeness (QED) is 0.812. The summed E-state index contributed by atoms with van der Waals surface area (Å²) in [5, 5.41) is 0. The fourth-order valence-electron chi connectivity index (χ4n) is 3.50. The van der Waals surface area contributed by atoms with E-state index in [2.05, 4.69) is 0 Å². The summed E-state index contributed by atoms with van der Waals surface area (Å²) in [6, 6.07) is 11.2. The van der Waals surface area contributed by atoms with E-state index in [0.717, 1.165) is 11.3 Å². The molecule has 2 aromatic rings. The Hall–Kier alpha value is -2.76. The lowest BCUT2D eigenvalue weighted by molar-refractivity contribution is -0.135. The molecule has 144 valence electrons. The summed E-state index contributed by atoms with van der Waals surface area (Å²) in [5.74, 6) is 0.510. The number of amides is 2. The van der Waals surface area contributed by atoms with Crippen molar-refractivity contribution in [3.05, 3.63) is 54.0 Å². The summed E-state index contributed by atoms with van der Waals surface area (Å²) in [7, 11) is 3.43. The van der Waals surface area contributed by atoms with Crippen LogP contribution in [0.5, 0.6) is 5.75 Å². The first-order chi connectivity index (χ1) is 12.9. The van der Waals surface area contributed by atoms with Crippen LogP contribution in [0.1, 0.15) is 35.9 Å². The van der Waals surface area contributed by atoms with Gasteiger partial charge in [-0.3, -0.25) is 9.59 Å². The van der Waals surface area contributed by atoms with Crippen molar-refractivity contribution in [2.75, 3.05) is 27.2 Å². The third kappa shape index (κ3) is 3.84. The van der Waals surface area contributed by atoms with E-state index >= 15 is 0 Å². The molecule has 2 atom stereocenters. The number of likely N-dealkylation sites (tertiary alicyclic amines) is 1. The molecule has 1 aromatic heterocycles. The molecule has 1 aromatic carbocycles. The van der Waals surface area contributed by atoms with E-state index in [1.165, 1.54) is 6.26 Å². The number of rotatable bonds is 5. The minimum absolute atomic E-state index is 0.0487. The number of benzene rings is 1. The minimum atomic E-state index is -0.302. The second-order valence-corrected chi connectivity index (χ2v) is 7.22. The average Bonchev–Trinajstić information content (AvgIpc) is 3.36. The van der Waals surface area contributed by atoms with E-state index in [1.807, 2.05) is 45.2 Å². The molecule has 2 heterocycles. The maximum atomic E-state index is 13.1. The van der Waals surface area contributed by atoms with Crippen LogP contribution in [0.4, 0.5) is 0 Å². The van der Waals surface area contributed by atoms with Crippen LogP contribution in [0.3, 0.4) is 0 Å². The van der Waals surface area contributed by atoms with Crippen molar-refractivity contribution in [1.29, 1.82) is 0 Å². The molecule has 0 N–H and O–H groups in total. The maximum absolute atomic E-state index is 13.1. The van der Waals surface area contributed by atoms with Crippen LogP contribution in [-0.4, -0.2) is 54.9 Å². The topological polar surface area (TPSA) is 63.0 Å². The highest BCUT2D eigenvalue weighted by Gasteiger charge is 2.42. The molecule has 1 aliphatic rings. The molecule has 6 nitrogen and oxygen atoms in total. The van der Waals surface area contributed by atoms with Gasteiger partial charge in [-0.1, -0.05) is 12.1 Å². The summed E-state index contributed by atoms with van der Waals surface area (Å²) in [6.45, 7) is 4.81. The van der Waals surface area contributed by atoms with Crippen molar-refractivity contribution >= 4 is 11.8 Å². The summed E-state index contributed by atoms with van der Waals surface area (Å²) in [6.07, 6.45) is 1.48. The summed E-state index contributed by atoms with van der Waals surface area (Å²) < 4.78 is 10.6. The van der Waals surface area contributed by atoms with Gasteiger partial charge in [0.2, 0.25) is 5.91 Å². The number of hydrogen-bond donors (Lipinski definition) is 0. The zero-order valence-electron chi connectivity index (χ0n) is 16.2. The van der Waals surface area contributed by atoms with Crippen LogP contribution in [0, 0.1) is 5.92 Å². The summed E-state index contributed by atoms with van der Waals surface area (Å²) >= 11 is 0. The van der Waals surface area contributed by atoms with E-state index in [0.29, 0.717) is 18.8 Å². The minimum Gasteiger partial charge on any atom is -0.497 e. The number of furan rings is 1. The fourth-order valence-corrected chi connectivity index (χ4v) is 3.50. The highest BCUT2D eigenvalue weighted by atomic mass is 16.5. The zero-order chi connectivity index (χ0) is 19.6. The van der Waals surface area contributed by atoms with Crippen LogP contribution in [0.2, 0.25) is 0 Å². The van der Waals surface area contributed by atoms with E-state index in [1.54, 1.807) is 29.0 Å². The van der Waals surface area contributed by atoms with Gasteiger partial charge in [-0.15, -0.1) is 0 Å². The van der Waals surface area contributed by atoms with Crippen molar-refractivity contribution in [3.63, 3.8) is 0 Å². The Morgan fingerprint density at radius 1 is 1.22 bits per heavy atom. The smallest absolute Gasteiger partial charge is 0.289 e. The van der Waals surface area contributed by atoms with Crippen molar-refractivity contribution < 1.29 is 18.7 Å². The van der Waals surface area contributed by atoms with E-state index in [-0.39, 0.29) is 29.7 Å². The molecule has 6 heteroatoms. The molecule has 1 fully saturated rings. The first-order valence-corrected chi connectivity index (χ1v) is 9.15. The number of methoxy groups -OCH3 is 1. The van der Waals surface area contributed by atoms with Crippen LogP contribution in [-0.2, 0) is 4.79 Å². The third-order valence-electron chi connectivity index (χ3n) is 5.30. The molecule has 0 aliphatic carbocycles. The molecule has 0 radical (unpaired) electrons. The number of carbonyl (C=O) groups excluding carboxylic acids is 2. The monoisotopic (exact) mass is 370 g/mol. The number of nitrogens with zero attached hydrogens (tertiary/aromatic N) is 2. The molecule has 3 rings (SSSR count). The van der Waals surface area contributed by atoms with E-state index < -0.39 is 0 Å². The molecule has 1 aliphatic heterocycles. The molecule has 0 unspecified atom stereocenters. The van der Waals surface area contributed by atoms with Gasteiger partial charge in [-0.25, -0.2) is 0 Å². The predicted molar refractivity (Wildman–Crippen MR) is 102 cm³/mol. The molecular formula is C21H26N2O4. The molecule has 1 saturated heterocycles. The first-order valence-electron chi connectivity index (χ1n) is 9.15. The van der Waals surface area contributed by atoms with Gasteiger partial charge in [0.15, 0.2) is 5.76 Å². The lowest BCUT2D eigenvalue weighted by Gasteiger charge is -2.27. The van der Waals surface area contributed by atoms with Gasteiger partial charge in [0.1, 0.15) is 5.75 Å². The predicted octanol–water partition coefficient (Wildman–Crippen LogP) is 3.01. The first kappa shape index (κ1) is 19.0. The maximum Gasteiger partial charge on any atom is 0.289 e. The lowest BCUT2D eigenvalue weighted by atomic mass is 9.87. The van der Waals surface area contributed by atoms with Crippen molar-refractivity contribution in [2.24, 2.45) is 5.92 Å². The van der Waals surface area contributed by atoms with Crippen LogP contribution < -0.4 is 4.74 Å². The fraction of sp³-hybridized carbons (Fsp3) is 0.429. The Labute approximate surface area is 159 Å². The largest absolute Gasteiger partial charge is 0.497 e. The van der Waals surface area contributed by atoms with Gasteiger partial charge in [-0.05, 0) is 43.7 Å². The van der Waals surface area contributed by atoms with Gasteiger partial charge in [0.05, 0.1) is 19.3 Å². The van der Waals surface area contributed by atoms with Gasteiger partial charge in [0, 0.05) is 32.1 Å². The number of hydrogen-bond acceptors (Lipinski definition) is 4. The lowest BCUT2D eigenvalue weighted by Crippen LogP contribution is -2.40. The summed E-state index contributed by atoms with van der Waals surface area (Å²) in [4.78, 5) is 29.3. The van der Waals surface area contributed by atoms with Gasteiger partial charge in [0.25, 0.3) is 5.91 Å². The van der Waals surface area contributed by atoms with Crippen LogP contribution in [0.15, 0.2) is 47.1 Å². The number of carbonyl (C=O) groups is 2. The second kappa shape index (κ2) is 7.86. The zero-order valence-corrected chi connectivity index (χ0v) is 16.2. The van der Waals surface area contributed by atoms with Crippen molar-refractivity contribution in [3.8, 4) is 5.75 Å². The molecular weight excluding hydrogens is 344 g/mol. The molecule has 27 heavy (non-hydrogen) atoms. The van der Waals surface area contributed by atoms with E-state index in [9.17, 15) is 9.59 Å². The molecule has 2 amide bonds. The van der Waals surface area contributed by atoms with Crippen LogP contribution in [0.25, 0.3) is 0 Å².